The smallest absolute Gasteiger partial charge is 0.226 e. The highest BCUT2D eigenvalue weighted by Crippen LogP contribution is 2.35. The van der Waals surface area contributed by atoms with Crippen LogP contribution >= 0.6 is 11.6 Å². The minimum atomic E-state index is -1.90. The minimum Gasteiger partial charge on any atom is -0.369 e. The van der Waals surface area contributed by atoms with E-state index in [0.29, 0.717) is 27.4 Å². The zero-order valence-corrected chi connectivity index (χ0v) is 15.9. The number of aromatic nitrogens is 2. The number of nitrogens with two attached hydrogens (primary N) is 1. The number of nitrogens with zero attached hydrogens (tertiary/aromatic N) is 3. The number of imidazole rings is 1. The van der Waals surface area contributed by atoms with Gasteiger partial charge in [0.25, 0.3) is 0 Å². The molecule has 0 saturated carbocycles. The van der Waals surface area contributed by atoms with Gasteiger partial charge in [0.15, 0.2) is 11.5 Å². The number of hydrogen-bond donors (Lipinski definition) is 3. The largest absolute Gasteiger partial charge is 0.369 e. The van der Waals surface area contributed by atoms with Crippen molar-refractivity contribution in [3.05, 3.63) is 64.9 Å². The number of para-hydroxylation sites is 2. The number of fused-ring (bicyclic) bond motifs is 1. The van der Waals surface area contributed by atoms with Gasteiger partial charge in [0.05, 0.1) is 11.0 Å². The summed E-state index contributed by atoms with van der Waals surface area (Å²) in [7, 11) is 0. The third kappa shape index (κ3) is 3.03. The summed E-state index contributed by atoms with van der Waals surface area (Å²) in [5.41, 5.74) is 6.81. The second-order valence-corrected chi connectivity index (χ2v) is 7.64. The number of likely N-dealkylation sites (tertiary alicyclic amines) is 1. The van der Waals surface area contributed by atoms with E-state index >= 15 is 0 Å². The van der Waals surface area contributed by atoms with E-state index in [4.69, 9.17) is 17.3 Å². The van der Waals surface area contributed by atoms with Crippen molar-refractivity contribution in [2.45, 2.75) is 31.3 Å². The van der Waals surface area contributed by atoms with Crippen molar-refractivity contribution in [1.29, 1.82) is 0 Å². The van der Waals surface area contributed by atoms with Crippen LogP contribution in [0, 0.1) is 0 Å². The van der Waals surface area contributed by atoms with Crippen LogP contribution in [0.2, 0.25) is 5.02 Å². The average molecular weight is 387 g/mol. The van der Waals surface area contributed by atoms with Gasteiger partial charge in [-0.25, -0.2) is 4.98 Å². The first-order chi connectivity index (χ1) is 12.8. The molecule has 1 aliphatic heterocycles. The van der Waals surface area contributed by atoms with Gasteiger partial charge in [-0.2, -0.15) is 0 Å². The predicted octanol–water partition coefficient (Wildman–Crippen LogP) is 2.56. The van der Waals surface area contributed by atoms with Crippen LogP contribution in [0.3, 0.4) is 0 Å². The molecule has 27 heavy (non-hydrogen) atoms. The molecule has 6 nitrogen and oxygen atoms in total. The SMILES string of the molecule is CC(O)(c1nc2ccccc2n1C(N)(O)c1ccc(Cl)cc1)N1CCCC1. The Hall–Kier alpha value is -1.96. The van der Waals surface area contributed by atoms with Crippen LogP contribution in [0.15, 0.2) is 48.5 Å². The van der Waals surface area contributed by atoms with Gasteiger partial charge in [-0.3, -0.25) is 15.2 Å². The quantitative estimate of drug-likeness (QED) is 0.600. The van der Waals surface area contributed by atoms with Crippen molar-refractivity contribution in [2.24, 2.45) is 5.73 Å². The molecule has 1 saturated heterocycles. The number of hydrogen-bond acceptors (Lipinski definition) is 5. The van der Waals surface area contributed by atoms with Crippen LogP contribution in [0.25, 0.3) is 11.0 Å². The summed E-state index contributed by atoms with van der Waals surface area (Å²) < 4.78 is 1.52. The van der Waals surface area contributed by atoms with Crippen LogP contribution in [0.4, 0.5) is 0 Å². The molecule has 0 spiro atoms. The highest BCUT2D eigenvalue weighted by atomic mass is 35.5. The Morgan fingerprint density at radius 3 is 2.33 bits per heavy atom. The fraction of sp³-hybridized carbons (Fsp3) is 0.350. The maximum atomic E-state index is 11.4. The summed E-state index contributed by atoms with van der Waals surface area (Å²) in [5, 5.41) is 23.3. The Labute approximate surface area is 162 Å². The summed E-state index contributed by atoms with van der Waals surface area (Å²) in [6, 6.07) is 14.1. The molecule has 2 heterocycles. The van der Waals surface area contributed by atoms with Crippen molar-refractivity contribution in [3.63, 3.8) is 0 Å². The van der Waals surface area contributed by atoms with Gasteiger partial charge in [0.2, 0.25) is 5.85 Å². The van der Waals surface area contributed by atoms with Crippen LogP contribution < -0.4 is 5.73 Å². The van der Waals surface area contributed by atoms with E-state index in [9.17, 15) is 10.2 Å². The third-order valence-corrected chi connectivity index (χ3v) is 5.57. The summed E-state index contributed by atoms with van der Waals surface area (Å²) in [4.78, 5) is 6.60. The zero-order valence-electron chi connectivity index (χ0n) is 15.1. The molecule has 1 fully saturated rings. The fourth-order valence-corrected chi connectivity index (χ4v) is 3.93. The lowest BCUT2D eigenvalue weighted by Crippen LogP contribution is -2.50. The first-order valence-corrected chi connectivity index (χ1v) is 9.43. The lowest BCUT2D eigenvalue weighted by molar-refractivity contribution is -0.107. The number of aliphatic hydroxyl groups is 2. The monoisotopic (exact) mass is 386 g/mol. The predicted molar refractivity (Wildman–Crippen MR) is 105 cm³/mol. The Balaban J connectivity index is 1.94. The van der Waals surface area contributed by atoms with Crippen LogP contribution in [0.1, 0.15) is 31.2 Å². The Morgan fingerprint density at radius 1 is 1.04 bits per heavy atom. The van der Waals surface area contributed by atoms with Crippen molar-refractivity contribution < 1.29 is 10.2 Å². The van der Waals surface area contributed by atoms with E-state index in [0.717, 1.165) is 25.9 Å². The number of benzene rings is 2. The average Bonchev–Trinajstić information content (AvgIpc) is 3.30. The molecule has 1 aromatic heterocycles. The summed E-state index contributed by atoms with van der Waals surface area (Å²) in [6.45, 7) is 3.23. The van der Waals surface area contributed by atoms with Crippen LogP contribution in [0.5, 0.6) is 0 Å². The Kier molecular flexibility index (Phi) is 4.49. The molecule has 0 bridgehead atoms. The molecule has 3 aromatic rings. The zero-order chi connectivity index (χ0) is 19.2. The van der Waals surface area contributed by atoms with Gasteiger partial charge >= 0.3 is 0 Å². The second kappa shape index (κ2) is 6.58. The highest BCUT2D eigenvalue weighted by molar-refractivity contribution is 6.30. The van der Waals surface area contributed by atoms with Gasteiger partial charge in [-0.1, -0.05) is 35.9 Å². The summed E-state index contributed by atoms with van der Waals surface area (Å²) in [5.74, 6) is -1.59. The molecular weight excluding hydrogens is 364 g/mol. The molecule has 0 amide bonds. The molecule has 142 valence electrons. The van der Waals surface area contributed by atoms with Crippen molar-refractivity contribution in [2.75, 3.05) is 13.1 Å². The topological polar surface area (TPSA) is 87.5 Å². The van der Waals surface area contributed by atoms with Crippen molar-refractivity contribution in [1.82, 2.24) is 14.5 Å². The lowest BCUT2D eigenvalue weighted by Gasteiger charge is -2.36. The standard InChI is InChI=1S/C20H23ClN4O2/c1-19(26,24-12-4-5-13-24)18-23-16-6-2-3-7-17(16)25(18)20(22,27)14-8-10-15(21)11-9-14/h2-3,6-11,26-27H,4-5,12-13,22H2,1H3. The maximum Gasteiger partial charge on any atom is 0.226 e. The van der Waals surface area contributed by atoms with Gasteiger partial charge in [0, 0.05) is 23.7 Å². The highest BCUT2D eigenvalue weighted by Gasteiger charge is 2.42. The van der Waals surface area contributed by atoms with E-state index in [1.165, 1.54) is 4.57 Å². The van der Waals surface area contributed by atoms with Gasteiger partial charge in [0.1, 0.15) is 0 Å². The molecule has 7 heteroatoms. The lowest BCUT2D eigenvalue weighted by atomic mass is 10.1. The third-order valence-electron chi connectivity index (χ3n) is 5.32. The molecule has 1 aliphatic rings. The second-order valence-electron chi connectivity index (χ2n) is 7.21. The molecular formula is C20H23ClN4O2. The van der Waals surface area contributed by atoms with E-state index < -0.39 is 11.6 Å². The first kappa shape index (κ1) is 18.4. The summed E-state index contributed by atoms with van der Waals surface area (Å²) in [6.07, 6.45) is 2.03. The summed E-state index contributed by atoms with van der Waals surface area (Å²) >= 11 is 5.98. The van der Waals surface area contributed by atoms with E-state index in [1.807, 2.05) is 29.2 Å². The first-order valence-electron chi connectivity index (χ1n) is 9.05. The van der Waals surface area contributed by atoms with Gasteiger partial charge in [-0.15, -0.1) is 0 Å². The van der Waals surface area contributed by atoms with Crippen molar-refractivity contribution in [3.8, 4) is 0 Å². The minimum absolute atomic E-state index is 0.311. The van der Waals surface area contributed by atoms with Crippen LogP contribution in [-0.4, -0.2) is 37.8 Å². The van der Waals surface area contributed by atoms with E-state index in [2.05, 4.69) is 4.98 Å². The molecule has 0 radical (unpaired) electrons. The van der Waals surface area contributed by atoms with Gasteiger partial charge in [-0.05, 0) is 44.0 Å². The molecule has 2 unspecified atom stereocenters. The number of rotatable bonds is 4. The molecule has 2 atom stereocenters. The fourth-order valence-electron chi connectivity index (χ4n) is 3.81. The van der Waals surface area contributed by atoms with Gasteiger partial charge < -0.3 is 10.2 Å². The van der Waals surface area contributed by atoms with Crippen molar-refractivity contribution >= 4 is 22.6 Å². The molecule has 4 N–H and O–H groups in total. The normalized spacial score (nSPS) is 19.9. The Bertz CT molecular complexity index is 960. The maximum absolute atomic E-state index is 11.4. The molecule has 4 rings (SSSR count). The molecule has 2 aromatic carbocycles. The molecule has 0 aliphatic carbocycles. The Morgan fingerprint density at radius 2 is 1.67 bits per heavy atom. The van der Waals surface area contributed by atoms with Crippen LogP contribution in [-0.2, 0) is 11.6 Å². The van der Waals surface area contributed by atoms with E-state index in [1.54, 1.807) is 31.2 Å². The number of halogens is 1. The van der Waals surface area contributed by atoms with E-state index in [-0.39, 0.29) is 0 Å².